The van der Waals surface area contributed by atoms with Crippen LogP contribution in [-0.2, 0) is 0 Å². The van der Waals surface area contributed by atoms with Crippen LogP contribution in [0.5, 0.6) is 0 Å². The SMILES string of the molecule is CC1CCC(CO)CN1C(=O)c1ncn(-c2ccccc2)n1. The Morgan fingerprint density at radius 2 is 2.09 bits per heavy atom. The van der Waals surface area contributed by atoms with E-state index in [1.54, 1.807) is 15.9 Å². The minimum Gasteiger partial charge on any atom is -0.396 e. The van der Waals surface area contributed by atoms with Crippen molar-refractivity contribution in [1.82, 2.24) is 19.7 Å². The van der Waals surface area contributed by atoms with Crippen molar-refractivity contribution < 1.29 is 9.90 Å². The van der Waals surface area contributed by atoms with E-state index in [1.165, 1.54) is 0 Å². The number of carbonyl (C=O) groups is 1. The molecule has 0 aliphatic carbocycles. The average molecular weight is 300 g/mol. The highest BCUT2D eigenvalue weighted by atomic mass is 16.3. The first-order valence-electron chi connectivity index (χ1n) is 7.58. The van der Waals surface area contributed by atoms with Crippen LogP contribution in [0.4, 0.5) is 0 Å². The van der Waals surface area contributed by atoms with E-state index in [2.05, 4.69) is 10.1 Å². The molecule has 116 valence electrons. The van der Waals surface area contributed by atoms with Gasteiger partial charge in [0.15, 0.2) is 0 Å². The van der Waals surface area contributed by atoms with E-state index in [0.717, 1.165) is 18.5 Å². The highest BCUT2D eigenvalue weighted by Gasteiger charge is 2.31. The second-order valence-corrected chi connectivity index (χ2v) is 5.78. The van der Waals surface area contributed by atoms with E-state index in [-0.39, 0.29) is 30.3 Å². The van der Waals surface area contributed by atoms with Crippen molar-refractivity contribution in [1.29, 1.82) is 0 Å². The summed E-state index contributed by atoms with van der Waals surface area (Å²) in [7, 11) is 0. The van der Waals surface area contributed by atoms with E-state index in [9.17, 15) is 9.90 Å². The summed E-state index contributed by atoms with van der Waals surface area (Å²) < 4.78 is 1.60. The monoisotopic (exact) mass is 300 g/mol. The van der Waals surface area contributed by atoms with Gasteiger partial charge in [0, 0.05) is 19.2 Å². The molecular weight excluding hydrogens is 280 g/mol. The van der Waals surface area contributed by atoms with Gasteiger partial charge in [-0.1, -0.05) is 18.2 Å². The Kier molecular flexibility index (Phi) is 4.20. The van der Waals surface area contributed by atoms with Crippen molar-refractivity contribution in [2.75, 3.05) is 13.2 Å². The lowest BCUT2D eigenvalue weighted by atomic mass is 9.94. The van der Waals surface area contributed by atoms with E-state index < -0.39 is 0 Å². The predicted octanol–water partition coefficient (Wildman–Crippen LogP) is 1.50. The molecule has 1 aliphatic rings. The van der Waals surface area contributed by atoms with Crippen LogP contribution in [0, 0.1) is 5.92 Å². The van der Waals surface area contributed by atoms with E-state index >= 15 is 0 Å². The van der Waals surface area contributed by atoms with E-state index in [4.69, 9.17) is 0 Å². The number of para-hydroxylation sites is 1. The van der Waals surface area contributed by atoms with Crippen LogP contribution in [0.15, 0.2) is 36.7 Å². The van der Waals surface area contributed by atoms with Crippen molar-refractivity contribution in [3.63, 3.8) is 0 Å². The zero-order valence-electron chi connectivity index (χ0n) is 12.6. The molecule has 0 spiro atoms. The quantitative estimate of drug-likeness (QED) is 0.932. The molecule has 2 aromatic rings. The van der Waals surface area contributed by atoms with Gasteiger partial charge in [-0.25, -0.2) is 9.67 Å². The molecule has 1 fully saturated rings. The summed E-state index contributed by atoms with van der Waals surface area (Å²) >= 11 is 0. The fourth-order valence-electron chi connectivity index (χ4n) is 2.81. The molecule has 2 heterocycles. The molecule has 0 saturated carbocycles. The fourth-order valence-corrected chi connectivity index (χ4v) is 2.81. The Balaban J connectivity index is 1.79. The van der Waals surface area contributed by atoms with E-state index in [0.29, 0.717) is 6.54 Å². The molecule has 6 heteroatoms. The van der Waals surface area contributed by atoms with Gasteiger partial charge in [-0.2, -0.15) is 0 Å². The number of piperidine rings is 1. The second-order valence-electron chi connectivity index (χ2n) is 5.78. The maximum atomic E-state index is 12.6. The van der Waals surface area contributed by atoms with Gasteiger partial charge in [-0.05, 0) is 37.8 Å². The van der Waals surface area contributed by atoms with Gasteiger partial charge in [0.05, 0.1) is 5.69 Å². The Labute approximate surface area is 129 Å². The standard InChI is InChI=1S/C16H20N4O2/c1-12-7-8-13(10-21)9-19(12)16(22)15-17-11-20(18-15)14-5-3-2-4-6-14/h2-6,11-13,21H,7-10H2,1H3. The van der Waals surface area contributed by atoms with Crippen molar-refractivity contribution in [2.24, 2.45) is 5.92 Å². The number of hydrogen-bond donors (Lipinski definition) is 1. The third kappa shape index (κ3) is 2.87. The fraction of sp³-hybridized carbons (Fsp3) is 0.438. The summed E-state index contributed by atoms with van der Waals surface area (Å²) in [6.07, 6.45) is 3.41. The van der Waals surface area contributed by atoms with Crippen LogP contribution in [0.2, 0.25) is 0 Å². The number of aliphatic hydroxyl groups excluding tert-OH is 1. The Morgan fingerprint density at radius 1 is 1.32 bits per heavy atom. The number of benzene rings is 1. The summed E-state index contributed by atoms with van der Waals surface area (Å²) in [4.78, 5) is 18.5. The third-order valence-electron chi connectivity index (χ3n) is 4.20. The normalized spacial score (nSPS) is 21.8. The Bertz CT molecular complexity index is 641. The number of amides is 1. The Hall–Kier alpha value is -2.21. The molecule has 1 aromatic carbocycles. The highest BCUT2D eigenvalue weighted by Crippen LogP contribution is 2.22. The number of rotatable bonds is 3. The number of aliphatic hydroxyl groups is 1. The van der Waals surface area contributed by atoms with Gasteiger partial charge in [0.1, 0.15) is 6.33 Å². The summed E-state index contributed by atoms with van der Waals surface area (Å²) in [6, 6.07) is 9.73. The van der Waals surface area contributed by atoms with Gasteiger partial charge in [-0.3, -0.25) is 4.79 Å². The third-order valence-corrected chi connectivity index (χ3v) is 4.20. The molecule has 0 bridgehead atoms. The molecule has 2 atom stereocenters. The van der Waals surface area contributed by atoms with Crippen LogP contribution in [0.1, 0.15) is 30.4 Å². The molecule has 3 rings (SSSR count). The number of aromatic nitrogens is 3. The zero-order chi connectivity index (χ0) is 15.5. The lowest BCUT2D eigenvalue weighted by Crippen LogP contribution is -2.46. The number of carbonyl (C=O) groups excluding carboxylic acids is 1. The second kappa shape index (κ2) is 6.27. The number of hydrogen-bond acceptors (Lipinski definition) is 4. The molecular formula is C16H20N4O2. The molecule has 1 aromatic heterocycles. The smallest absolute Gasteiger partial charge is 0.293 e. The van der Waals surface area contributed by atoms with Gasteiger partial charge in [0.25, 0.3) is 5.91 Å². The first kappa shape index (κ1) is 14.7. The van der Waals surface area contributed by atoms with E-state index in [1.807, 2.05) is 37.3 Å². The molecule has 1 saturated heterocycles. The van der Waals surface area contributed by atoms with Gasteiger partial charge in [-0.15, -0.1) is 5.10 Å². The first-order chi connectivity index (χ1) is 10.7. The maximum Gasteiger partial charge on any atom is 0.293 e. The van der Waals surface area contributed by atoms with Gasteiger partial charge < -0.3 is 10.0 Å². The lowest BCUT2D eigenvalue weighted by Gasteiger charge is -2.36. The summed E-state index contributed by atoms with van der Waals surface area (Å²) in [5.74, 6) is 0.186. The van der Waals surface area contributed by atoms with Crippen molar-refractivity contribution >= 4 is 5.91 Å². The average Bonchev–Trinajstić information content (AvgIpc) is 3.05. The van der Waals surface area contributed by atoms with Gasteiger partial charge in [0.2, 0.25) is 5.82 Å². The lowest BCUT2D eigenvalue weighted by molar-refractivity contribution is 0.0477. The van der Waals surface area contributed by atoms with Crippen LogP contribution in [0.25, 0.3) is 5.69 Å². The molecule has 0 radical (unpaired) electrons. The molecule has 1 aliphatic heterocycles. The van der Waals surface area contributed by atoms with Crippen LogP contribution >= 0.6 is 0 Å². The maximum absolute atomic E-state index is 12.6. The zero-order valence-corrected chi connectivity index (χ0v) is 12.6. The summed E-state index contributed by atoms with van der Waals surface area (Å²) in [5, 5.41) is 13.6. The molecule has 22 heavy (non-hydrogen) atoms. The van der Waals surface area contributed by atoms with Crippen molar-refractivity contribution in [3.05, 3.63) is 42.5 Å². The van der Waals surface area contributed by atoms with Crippen molar-refractivity contribution in [3.8, 4) is 5.69 Å². The summed E-state index contributed by atoms with van der Waals surface area (Å²) in [6.45, 7) is 2.71. The molecule has 1 amide bonds. The largest absolute Gasteiger partial charge is 0.396 e. The highest BCUT2D eigenvalue weighted by molar-refractivity contribution is 5.90. The summed E-state index contributed by atoms with van der Waals surface area (Å²) in [5.41, 5.74) is 0.869. The first-order valence-corrected chi connectivity index (χ1v) is 7.58. The molecule has 6 nitrogen and oxygen atoms in total. The van der Waals surface area contributed by atoms with Crippen LogP contribution in [0.3, 0.4) is 0 Å². The van der Waals surface area contributed by atoms with Crippen LogP contribution in [-0.4, -0.2) is 49.9 Å². The number of nitrogens with zero attached hydrogens (tertiary/aromatic N) is 4. The topological polar surface area (TPSA) is 71.2 Å². The van der Waals surface area contributed by atoms with Gasteiger partial charge >= 0.3 is 0 Å². The minimum absolute atomic E-state index is 0.113. The predicted molar refractivity (Wildman–Crippen MR) is 81.7 cm³/mol. The van der Waals surface area contributed by atoms with Crippen molar-refractivity contribution in [2.45, 2.75) is 25.8 Å². The Morgan fingerprint density at radius 3 is 2.82 bits per heavy atom. The minimum atomic E-state index is -0.166. The number of likely N-dealkylation sites (tertiary alicyclic amines) is 1. The van der Waals surface area contributed by atoms with Crippen LogP contribution < -0.4 is 0 Å². The molecule has 2 unspecified atom stereocenters. The molecule has 1 N–H and O–H groups in total.